The van der Waals surface area contributed by atoms with E-state index >= 15 is 0 Å². The summed E-state index contributed by atoms with van der Waals surface area (Å²) in [4.78, 5) is 27.6. The Morgan fingerprint density at radius 1 is 1.07 bits per heavy atom. The lowest BCUT2D eigenvalue weighted by Crippen LogP contribution is -2.30. The maximum atomic E-state index is 13.4. The van der Waals surface area contributed by atoms with Crippen LogP contribution < -0.4 is 10.6 Å². The number of rotatable bonds is 11. The van der Waals surface area contributed by atoms with Gasteiger partial charge in [-0.25, -0.2) is 4.79 Å². The van der Waals surface area contributed by atoms with E-state index in [1.54, 1.807) is 36.4 Å². The number of nitrogens with one attached hydrogen (secondary N) is 2. The molecule has 1 aliphatic carbocycles. The van der Waals surface area contributed by atoms with E-state index in [4.69, 9.17) is 23.2 Å². The summed E-state index contributed by atoms with van der Waals surface area (Å²) in [6, 6.07) is 13.9. The molecule has 12 nitrogen and oxygen atoms in total. The van der Waals surface area contributed by atoms with Gasteiger partial charge in [-0.1, -0.05) is 35.3 Å². The van der Waals surface area contributed by atoms with Crippen molar-refractivity contribution >= 4 is 47.0 Å². The van der Waals surface area contributed by atoms with Crippen LogP contribution in [-0.4, -0.2) is 74.0 Å². The summed E-state index contributed by atoms with van der Waals surface area (Å²) >= 11 is 12.8. The molecule has 14 heteroatoms. The van der Waals surface area contributed by atoms with Gasteiger partial charge in [0.15, 0.2) is 5.15 Å². The fourth-order valence-corrected chi connectivity index (χ4v) is 6.10. The average molecular weight is 663 g/mol. The molecule has 1 aliphatic heterocycles. The standard InChI is InChI=1S/C32H33Cl2N9O3/c1-46-32(45)36-25-8-4-22(5-9-25)26-16-28(38-39-31(26)34)27(14-21-12-13-42(18-21)17-20-2-3-20)37-30(44)11-6-23-15-24(33)7-10-29(23)43-19-35-40-41-43/h4-11,15-16,19-21,27H,2-3,12-14,17-18H2,1H3,(H,36,45)(H,37,44)/b11-6+/t21?,27-/m0/s1. The molecule has 0 bridgehead atoms. The number of tetrazole rings is 1. The number of amides is 2. The van der Waals surface area contributed by atoms with Crippen LogP contribution in [0.2, 0.25) is 10.2 Å². The third-order valence-corrected chi connectivity index (χ3v) is 8.74. The second-order valence-corrected chi connectivity index (χ2v) is 12.4. The van der Waals surface area contributed by atoms with E-state index in [0.29, 0.717) is 45.6 Å². The summed E-state index contributed by atoms with van der Waals surface area (Å²) in [5.74, 6) is 0.914. The Hall–Kier alpha value is -4.39. The van der Waals surface area contributed by atoms with Crippen molar-refractivity contribution in [3.8, 4) is 16.8 Å². The second-order valence-electron chi connectivity index (χ2n) is 11.6. The van der Waals surface area contributed by atoms with Gasteiger partial charge in [-0.2, -0.15) is 9.78 Å². The van der Waals surface area contributed by atoms with Gasteiger partial charge in [0, 0.05) is 41.0 Å². The molecule has 2 aliphatic rings. The minimum absolute atomic E-state index is 0.231. The average Bonchev–Trinajstić information content (AvgIpc) is 3.49. The molecule has 3 heterocycles. The molecule has 2 aromatic heterocycles. The Balaban J connectivity index is 1.24. The molecule has 2 atom stereocenters. The Morgan fingerprint density at radius 3 is 2.63 bits per heavy atom. The monoisotopic (exact) mass is 661 g/mol. The van der Waals surface area contributed by atoms with E-state index in [-0.39, 0.29) is 11.1 Å². The maximum Gasteiger partial charge on any atom is 0.411 e. The van der Waals surface area contributed by atoms with Crippen LogP contribution in [0.15, 0.2) is 60.9 Å². The predicted molar refractivity (Wildman–Crippen MR) is 174 cm³/mol. The molecule has 2 aromatic carbocycles. The van der Waals surface area contributed by atoms with Crippen molar-refractivity contribution < 1.29 is 14.3 Å². The summed E-state index contributed by atoms with van der Waals surface area (Å²) in [5.41, 5.74) is 3.99. The zero-order valence-electron chi connectivity index (χ0n) is 25.1. The number of nitrogens with zero attached hydrogens (tertiary/aromatic N) is 7. The van der Waals surface area contributed by atoms with Crippen LogP contribution in [0, 0.1) is 11.8 Å². The van der Waals surface area contributed by atoms with Crippen molar-refractivity contribution in [3.05, 3.63) is 82.4 Å². The third-order valence-electron chi connectivity index (χ3n) is 8.22. The van der Waals surface area contributed by atoms with Gasteiger partial charge in [0.05, 0.1) is 24.5 Å². The van der Waals surface area contributed by atoms with E-state index in [1.165, 1.54) is 37.0 Å². The summed E-state index contributed by atoms with van der Waals surface area (Å²) < 4.78 is 6.18. The molecule has 1 saturated heterocycles. The summed E-state index contributed by atoms with van der Waals surface area (Å²) in [5, 5.41) is 26.6. The van der Waals surface area contributed by atoms with E-state index in [9.17, 15) is 9.59 Å². The first-order chi connectivity index (χ1) is 22.3. The fraction of sp³-hybridized carbons (Fsp3) is 0.344. The number of anilines is 1. The number of hydrogen-bond donors (Lipinski definition) is 2. The van der Waals surface area contributed by atoms with Crippen molar-refractivity contribution in [2.45, 2.75) is 31.7 Å². The zero-order chi connectivity index (χ0) is 32.0. The summed E-state index contributed by atoms with van der Waals surface area (Å²) in [6.07, 6.45) is 8.46. The molecule has 0 spiro atoms. The lowest BCUT2D eigenvalue weighted by molar-refractivity contribution is -0.117. The summed E-state index contributed by atoms with van der Waals surface area (Å²) in [6.45, 7) is 3.18. The van der Waals surface area contributed by atoms with Crippen LogP contribution in [0.3, 0.4) is 0 Å². The molecular formula is C32H33Cl2N9O3. The first kappa shape index (κ1) is 31.6. The van der Waals surface area contributed by atoms with Gasteiger partial charge < -0.3 is 15.0 Å². The maximum absolute atomic E-state index is 13.4. The van der Waals surface area contributed by atoms with Crippen molar-refractivity contribution in [2.24, 2.45) is 11.8 Å². The van der Waals surface area contributed by atoms with Crippen LogP contribution >= 0.6 is 23.2 Å². The van der Waals surface area contributed by atoms with Gasteiger partial charge in [-0.15, -0.1) is 10.2 Å². The highest BCUT2D eigenvalue weighted by atomic mass is 35.5. The molecular weight excluding hydrogens is 629 g/mol. The van der Waals surface area contributed by atoms with Gasteiger partial charge in [0.2, 0.25) is 5.91 Å². The molecule has 1 unspecified atom stereocenters. The van der Waals surface area contributed by atoms with E-state index in [1.807, 2.05) is 18.2 Å². The zero-order valence-corrected chi connectivity index (χ0v) is 26.7. The number of likely N-dealkylation sites (tertiary alicyclic amines) is 1. The molecule has 238 valence electrons. The van der Waals surface area contributed by atoms with Gasteiger partial charge >= 0.3 is 6.09 Å². The molecule has 2 N–H and O–H groups in total. The Bertz CT molecular complexity index is 1710. The van der Waals surface area contributed by atoms with Gasteiger partial charge in [-0.05, 0) is 103 Å². The molecule has 1 saturated carbocycles. The molecule has 2 fully saturated rings. The molecule has 4 aromatic rings. The van der Waals surface area contributed by atoms with E-state index in [2.05, 4.69) is 46.0 Å². The molecule has 46 heavy (non-hydrogen) atoms. The number of methoxy groups -OCH3 is 1. The SMILES string of the molecule is COC(=O)Nc1ccc(-c2cc([C@H](CC3CCN(CC4CC4)C3)NC(=O)/C=C/c3cc(Cl)ccc3-n3cnnn3)nnc2Cl)cc1. The lowest BCUT2D eigenvalue weighted by atomic mass is 9.95. The third kappa shape index (κ3) is 8.06. The number of hydrogen-bond acceptors (Lipinski definition) is 9. The molecule has 0 radical (unpaired) electrons. The first-order valence-electron chi connectivity index (χ1n) is 15.1. The highest BCUT2D eigenvalue weighted by Crippen LogP contribution is 2.35. The Morgan fingerprint density at radius 2 is 1.89 bits per heavy atom. The normalized spacial score (nSPS) is 17.2. The van der Waals surface area contributed by atoms with Crippen molar-refractivity contribution in [1.82, 2.24) is 40.6 Å². The van der Waals surface area contributed by atoms with Crippen molar-refractivity contribution in [1.29, 1.82) is 0 Å². The minimum Gasteiger partial charge on any atom is -0.453 e. The van der Waals surface area contributed by atoms with Crippen LogP contribution in [-0.2, 0) is 9.53 Å². The van der Waals surface area contributed by atoms with E-state index in [0.717, 1.165) is 37.5 Å². The van der Waals surface area contributed by atoms with Gasteiger partial charge in [0.25, 0.3) is 0 Å². The van der Waals surface area contributed by atoms with Gasteiger partial charge in [-0.3, -0.25) is 10.1 Å². The Kier molecular flexibility index (Phi) is 9.86. The fourth-order valence-electron chi connectivity index (χ4n) is 5.71. The summed E-state index contributed by atoms with van der Waals surface area (Å²) in [7, 11) is 1.31. The minimum atomic E-state index is -0.559. The van der Waals surface area contributed by atoms with Gasteiger partial charge in [0.1, 0.15) is 6.33 Å². The number of aromatic nitrogens is 6. The second kappa shape index (κ2) is 14.4. The highest BCUT2D eigenvalue weighted by molar-refractivity contribution is 6.32. The number of benzene rings is 2. The topological polar surface area (TPSA) is 140 Å². The van der Waals surface area contributed by atoms with Crippen LogP contribution in [0.1, 0.15) is 43.0 Å². The van der Waals surface area contributed by atoms with Crippen LogP contribution in [0.25, 0.3) is 22.9 Å². The van der Waals surface area contributed by atoms with E-state index < -0.39 is 12.1 Å². The largest absolute Gasteiger partial charge is 0.453 e. The Labute approximate surface area is 276 Å². The van der Waals surface area contributed by atoms with Crippen molar-refractivity contribution in [2.75, 3.05) is 32.1 Å². The highest BCUT2D eigenvalue weighted by Gasteiger charge is 2.31. The molecule has 6 rings (SSSR count). The lowest BCUT2D eigenvalue weighted by Gasteiger charge is -2.22. The van der Waals surface area contributed by atoms with Crippen molar-refractivity contribution in [3.63, 3.8) is 0 Å². The van der Waals surface area contributed by atoms with Crippen LogP contribution in [0.5, 0.6) is 0 Å². The predicted octanol–water partition coefficient (Wildman–Crippen LogP) is 5.60. The van der Waals surface area contributed by atoms with Crippen LogP contribution in [0.4, 0.5) is 10.5 Å². The number of ether oxygens (including phenoxy) is 1. The number of halogens is 2. The smallest absolute Gasteiger partial charge is 0.411 e. The first-order valence-corrected chi connectivity index (χ1v) is 15.8. The number of carbonyl (C=O) groups is 2. The number of carbonyl (C=O) groups excluding carboxylic acids is 2. The quantitative estimate of drug-likeness (QED) is 0.197. The molecule has 2 amide bonds.